The first-order chi connectivity index (χ1) is 9.49. The summed E-state index contributed by atoms with van der Waals surface area (Å²) in [6.07, 6.45) is 0. The van der Waals surface area contributed by atoms with Crippen LogP contribution in [0, 0.1) is 6.92 Å². The second-order valence-electron chi connectivity index (χ2n) is 4.09. The Hall–Kier alpha value is -2.21. The number of nitrogens with one attached hydrogen (secondary N) is 1. The molecular weight excluding hydrogens is 284 g/mol. The van der Waals surface area contributed by atoms with Crippen LogP contribution in [-0.4, -0.2) is 35.5 Å². The lowest BCUT2D eigenvalue weighted by Gasteiger charge is -2.14. The van der Waals surface area contributed by atoms with E-state index in [1.54, 1.807) is 6.07 Å². The highest BCUT2D eigenvalue weighted by Crippen LogP contribution is 2.44. The minimum atomic E-state index is -1.10. The molecule has 0 atom stereocenters. The van der Waals surface area contributed by atoms with E-state index >= 15 is 0 Å². The predicted octanol–water partition coefficient (Wildman–Crippen LogP) is 2.75. The van der Waals surface area contributed by atoms with Crippen molar-refractivity contribution in [2.45, 2.75) is 6.92 Å². The minimum Gasteiger partial charge on any atom is -0.493 e. The summed E-state index contributed by atoms with van der Waals surface area (Å²) in [5.41, 5.74) is 1.62. The molecule has 20 heavy (non-hydrogen) atoms. The number of benzene rings is 1. The molecule has 1 aromatic carbocycles. The Bertz CT molecular complexity index is 667. The van der Waals surface area contributed by atoms with E-state index in [0.29, 0.717) is 27.8 Å². The van der Waals surface area contributed by atoms with Gasteiger partial charge in [0.25, 0.3) is 0 Å². The first-order valence-electron chi connectivity index (χ1n) is 5.69. The Balaban J connectivity index is 2.70. The number of aromatic amines is 1. The maximum Gasteiger partial charge on any atom is 0.353 e. The first-order valence-corrected chi connectivity index (χ1v) is 6.07. The second kappa shape index (κ2) is 5.42. The second-order valence-corrected chi connectivity index (χ2v) is 4.47. The summed E-state index contributed by atoms with van der Waals surface area (Å²) in [4.78, 5) is 10.9. The molecule has 1 aromatic heterocycles. The van der Waals surface area contributed by atoms with Gasteiger partial charge in [0.15, 0.2) is 11.5 Å². The van der Waals surface area contributed by atoms with Crippen LogP contribution in [0.4, 0.5) is 0 Å². The molecular formula is C13H13ClN2O4. The number of H-pyrrole nitrogens is 1. The normalized spacial score (nSPS) is 10.4. The van der Waals surface area contributed by atoms with Crippen molar-refractivity contribution >= 4 is 17.6 Å². The third-order valence-electron chi connectivity index (χ3n) is 2.85. The molecule has 2 aromatic rings. The zero-order valence-electron chi connectivity index (χ0n) is 11.2. The lowest BCUT2D eigenvalue weighted by atomic mass is 10.1. The summed E-state index contributed by atoms with van der Waals surface area (Å²) >= 11 is 6.29. The van der Waals surface area contributed by atoms with Gasteiger partial charge in [0.05, 0.1) is 30.5 Å². The Morgan fingerprint density at radius 2 is 2.05 bits per heavy atom. The van der Waals surface area contributed by atoms with Crippen molar-refractivity contribution in [2.24, 2.45) is 0 Å². The Morgan fingerprint density at radius 3 is 2.55 bits per heavy atom. The number of carboxylic acids is 1. The van der Waals surface area contributed by atoms with Gasteiger partial charge in [-0.3, -0.25) is 5.10 Å². The number of aromatic nitrogens is 2. The van der Waals surface area contributed by atoms with Gasteiger partial charge in [-0.15, -0.1) is 0 Å². The molecule has 0 aliphatic carbocycles. The molecule has 0 unspecified atom stereocenters. The topological polar surface area (TPSA) is 84.4 Å². The van der Waals surface area contributed by atoms with E-state index in [0.717, 1.165) is 5.56 Å². The fraction of sp³-hybridized carbons (Fsp3) is 0.231. The van der Waals surface area contributed by atoms with Crippen LogP contribution in [0.15, 0.2) is 12.1 Å². The van der Waals surface area contributed by atoms with E-state index in [1.807, 2.05) is 6.92 Å². The summed E-state index contributed by atoms with van der Waals surface area (Å²) in [7, 11) is 3.00. The summed E-state index contributed by atoms with van der Waals surface area (Å²) in [6.45, 7) is 1.82. The van der Waals surface area contributed by atoms with E-state index in [1.165, 1.54) is 20.3 Å². The number of methoxy groups -OCH3 is 2. The van der Waals surface area contributed by atoms with Crippen molar-refractivity contribution in [3.63, 3.8) is 0 Å². The molecule has 7 heteroatoms. The Morgan fingerprint density at radius 1 is 1.35 bits per heavy atom. The van der Waals surface area contributed by atoms with Crippen molar-refractivity contribution in [1.29, 1.82) is 0 Å². The number of carbonyl (C=O) groups is 1. The number of rotatable bonds is 4. The summed E-state index contributed by atoms with van der Waals surface area (Å²) in [5, 5.41) is 15.8. The number of ether oxygens (including phenoxy) is 2. The van der Waals surface area contributed by atoms with Gasteiger partial charge in [-0.25, -0.2) is 4.79 Å². The molecule has 0 saturated heterocycles. The van der Waals surface area contributed by atoms with Crippen LogP contribution >= 0.6 is 11.6 Å². The third-order valence-corrected chi connectivity index (χ3v) is 3.34. The summed E-state index contributed by atoms with van der Waals surface area (Å²) < 4.78 is 10.6. The number of aryl methyl sites for hydroxylation is 1. The standard InChI is InChI=1S/C13H13ClN2O4/c1-6-4-9(19-2)12(20-3)10(11(6)14)7-5-8(13(17)18)16-15-7/h4-5H,1-3H3,(H,15,16)(H,17,18). The van der Waals surface area contributed by atoms with E-state index < -0.39 is 5.97 Å². The lowest BCUT2D eigenvalue weighted by molar-refractivity contribution is 0.0690. The van der Waals surface area contributed by atoms with Crippen molar-refractivity contribution in [3.8, 4) is 22.8 Å². The molecule has 1 heterocycles. The molecule has 6 nitrogen and oxygen atoms in total. The SMILES string of the molecule is COc1cc(C)c(Cl)c(-c2cc(C(=O)O)[nH]n2)c1OC. The van der Waals surface area contributed by atoms with Crippen LogP contribution in [0.3, 0.4) is 0 Å². The van der Waals surface area contributed by atoms with Crippen molar-refractivity contribution < 1.29 is 19.4 Å². The smallest absolute Gasteiger partial charge is 0.353 e. The fourth-order valence-electron chi connectivity index (χ4n) is 1.89. The van der Waals surface area contributed by atoms with E-state index in [4.69, 9.17) is 26.2 Å². The molecule has 0 aliphatic rings. The molecule has 0 radical (unpaired) electrons. The maximum absolute atomic E-state index is 10.9. The summed E-state index contributed by atoms with van der Waals surface area (Å²) in [6, 6.07) is 3.14. The quantitative estimate of drug-likeness (QED) is 0.906. The molecule has 0 fully saturated rings. The largest absolute Gasteiger partial charge is 0.493 e. The molecule has 0 amide bonds. The molecule has 0 bridgehead atoms. The van der Waals surface area contributed by atoms with E-state index in [2.05, 4.69) is 10.2 Å². The molecule has 106 valence electrons. The number of nitrogens with zero attached hydrogens (tertiary/aromatic N) is 1. The van der Waals surface area contributed by atoms with Crippen LogP contribution in [0.2, 0.25) is 5.02 Å². The first kappa shape index (κ1) is 14.2. The minimum absolute atomic E-state index is 0.0291. The molecule has 2 N–H and O–H groups in total. The van der Waals surface area contributed by atoms with Gasteiger partial charge >= 0.3 is 5.97 Å². The highest BCUT2D eigenvalue weighted by atomic mass is 35.5. The van der Waals surface area contributed by atoms with Gasteiger partial charge in [0, 0.05) is 0 Å². The zero-order chi connectivity index (χ0) is 14.9. The van der Waals surface area contributed by atoms with Gasteiger partial charge < -0.3 is 14.6 Å². The van der Waals surface area contributed by atoms with Crippen molar-refractivity contribution in [1.82, 2.24) is 10.2 Å². The van der Waals surface area contributed by atoms with Crippen LogP contribution in [0.1, 0.15) is 16.1 Å². The average Bonchev–Trinajstić information content (AvgIpc) is 2.90. The monoisotopic (exact) mass is 296 g/mol. The lowest BCUT2D eigenvalue weighted by Crippen LogP contribution is -1.96. The van der Waals surface area contributed by atoms with Gasteiger partial charge in [-0.1, -0.05) is 11.6 Å². The maximum atomic E-state index is 10.9. The van der Waals surface area contributed by atoms with E-state index in [9.17, 15) is 4.79 Å². The highest BCUT2D eigenvalue weighted by molar-refractivity contribution is 6.34. The number of halogens is 1. The molecule has 0 spiro atoms. The van der Waals surface area contributed by atoms with Crippen LogP contribution in [-0.2, 0) is 0 Å². The van der Waals surface area contributed by atoms with Gasteiger partial charge in [-0.2, -0.15) is 5.10 Å². The molecule has 2 rings (SSSR count). The van der Waals surface area contributed by atoms with Crippen LogP contribution in [0.5, 0.6) is 11.5 Å². The fourth-order valence-corrected chi connectivity index (χ4v) is 2.13. The molecule has 0 aliphatic heterocycles. The number of aromatic carboxylic acids is 1. The van der Waals surface area contributed by atoms with Crippen molar-refractivity contribution in [3.05, 3.63) is 28.4 Å². The van der Waals surface area contributed by atoms with Gasteiger partial charge in [0.1, 0.15) is 5.69 Å². The van der Waals surface area contributed by atoms with E-state index in [-0.39, 0.29) is 5.69 Å². The Labute approximate surface area is 120 Å². The van der Waals surface area contributed by atoms with Crippen molar-refractivity contribution in [2.75, 3.05) is 14.2 Å². The van der Waals surface area contributed by atoms with Crippen LogP contribution in [0.25, 0.3) is 11.3 Å². The Kier molecular flexibility index (Phi) is 3.85. The molecule has 0 saturated carbocycles. The third kappa shape index (κ3) is 2.30. The van der Waals surface area contributed by atoms with Gasteiger partial charge in [0.2, 0.25) is 0 Å². The number of carboxylic acid groups (broad SMARTS) is 1. The predicted molar refractivity (Wildman–Crippen MR) is 73.8 cm³/mol. The number of hydrogen-bond donors (Lipinski definition) is 2. The van der Waals surface area contributed by atoms with Gasteiger partial charge in [-0.05, 0) is 24.6 Å². The highest BCUT2D eigenvalue weighted by Gasteiger charge is 2.21. The van der Waals surface area contributed by atoms with Crippen LogP contribution < -0.4 is 9.47 Å². The zero-order valence-corrected chi connectivity index (χ0v) is 11.9. The summed E-state index contributed by atoms with van der Waals surface area (Å²) in [5.74, 6) is -0.186. The number of hydrogen-bond acceptors (Lipinski definition) is 4. The average molecular weight is 297 g/mol.